The van der Waals surface area contributed by atoms with Crippen molar-refractivity contribution in [2.75, 3.05) is 0 Å². The van der Waals surface area contributed by atoms with Gasteiger partial charge in [-0.3, -0.25) is 0 Å². The van der Waals surface area contributed by atoms with Gasteiger partial charge in [-0.25, -0.2) is 14.6 Å². The number of ether oxygens (including phenoxy) is 1. The van der Waals surface area contributed by atoms with Crippen molar-refractivity contribution >= 4 is 15.9 Å². The maximum absolute atomic E-state index is 5.76. The predicted octanol–water partition coefficient (Wildman–Crippen LogP) is 3.53. The summed E-state index contributed by atoms with van der Waals surface area (Å²) in [5.74, 6) is 1.27. The number of aryl methyl sites for hydroxylation is 1. The second-order valence-corrected chi connectivity index (χ2v) is 4.98. The van der Waals surface area contributed by atoms with E-state index in [2.05, 4.69) is 31.0 Å². The van der Waals surface area contributed by atoms with E-state index in [4.69, 9.17) is 4.74 Å². The van der Waals surface area contributed by atoms with Crippen LogP contribution in [-0.2, 0) is 0 Å². The summed E-state index contributed by atoms with van der Waals surface area (Å²) in [7, 11) is 0. The molecule has 100 valence electrons. The van der Waals surface area contributed by atoms with Crippen molar-refractivity contribution in [1.29, 1.82) is 0 Å². The summed E-state index contributed by atoms with van der Waals surface area (Å²) < 4.78 is 8.31. The normalized spacial score (nSPS) is 10.5. The fourth-order valence-electron chi connectivity index (χ4n) is 1.71. The van der Waals surface area contributed by atoms with Crippen LogP contribution in [-0.4, -0.2) is 19.7 Å². The summed E-state index contributed by atoms with van der Waals surface area (Å²) in [5.41, 5.74) is 2.00. The van der Waals surface area contributed by atoms with Crippen LogP contribution in [0.2, 0.25) is 0 Å². The molecule has 0 radical (unpaired) electrons. The average molecular weight is 331 g/mol. The molecule has 0 fully saturated rings. The third kappa shape index (κ3) is 2.55. The van der Waals surface area contributed by atoms with Gasteiger partial charge in [-0.1, -0.05) is 0 Å². The van der Waals surface area contributed by atoms with Gasteiger partial charge >= 0.3 is 0 Å². The number of hydrogen-bond acceptors (Lipinski definition) is 4. The van der Waals surface area contributed by atoms with Crippen LogP contribution in [0.25, 0.3) is 5.69 Å². The zero-order valence-corrected chi connectivity index (χ0v) is 12.3. The highest BCUT2D eigenvalue weighted by atomic mass is 79.9. The van der Waals surface area contributed by atoms with E-state index < -0.39 is 0 Å². The molecular formula is C14H11BrN4O. The molecule has 0 atom stereocenters. The van der Waals surface area contributed by atoms with Gasteiger partial charge in [0.2, 0.25) is 5.88 Å². The van der Waals surface area contributed by atoms with E-state index in [1.807, 2.05) is 37.3 Å². The molecule has 3 rings (SSSR count). The van der Waals surface area contributed by atoms with Crippen LogP contribution in [0.1, 0.15) is 5.56 Å². The highest BCUT2D eigenvalue weighted by Gasteiger charge is 2.06. The largest absolute Gasteiger partial charge is 0.438 e. The molecule has 5 nitrogen and oxygen atoms in total. The Bertz CT molecular complexity index is 711. The number of halogens is 1. The Labute approximate surface area is 124 Å². The van der Waals surface area contributed by atoms with Crippen molar-refractivity contribution in [1.82, 2.24) is 19.7 Å². The molecule has 3 aromatic rings. The minimum atomic E-state index is 0.554. The molecule has 0 N–H and O–H groups in total. The Morgan fingerprint density at radius 1 is 1.15 bits per heavy atom. The third-order valence-electron chi connectivity index (χ3n) is 2.78. The zero-order valence-electron chi connectivity index (χ0n) is 10.7. The molecule has 2 heterocycles. The van der Waals surface area contributed by atoms with Crippen LogP contribution >= 0.6 is 15.9 Å². The van der Waals surface area contributed by atoms with Gasteiger partial charge in [0, 0.05) is 6.20 Å². The number of hydrogen-bond donors (Lipinski definition) is 0. The van der Waals surface area contributed by atoms with Crippen molar-refractivity contribution < 1.29 is 4.74 Å². The molecule has 1 aromatic carbocycles. The summed E-state index contributed by atoms with van der Waals surface area (Å²) in [5, 5.41) is 4.07. The number of nitrogens with zero attached hydrogens (tertiary/aromatic N) is 4. The summed E-state index contributed by atoms with van der Waals surface area (Å²) in [6.07, 6.45) is 4.87. The monoisotopic (exact) mass is 330 g/mol. The SMILES string of the molecule is Cc1ccnc(Oc2ccc(-n3cncn3)cc2)c1Br. The molecule has 0 aliphatic carbocycles. The van der Waals surface area contributed by atoms with Crippen LogP contribution in [0.3, 0.4) is 0 Å². The van der Waals surface area contributed by atoms with Crippen molar-refractivity contribution in [2.24, 2.45) is 0 Å². The molecule has 0 saturated carbocycles. The standard InChI is InChI=1S/C14H11BrN4O/c1-10-6-7-17-14(13(10)15)20-12-4-2-11(3-5-12)19-9-16-8-18-19/h2-9H,1H3. The lowest BCUT2D eigenvalue weighted by atomic mass is 10.3. The van der Waals surface area contributed by atoms with Gasteiger partial charge in [0.1, 0.15) is 18.4 Å². The Hall–Kier alpha value is -2.21. The number of rotatable bonds is 3. The second-order valence-electron chi connectivity index (χ2n) is 4.18. The van der Waals surface area contributed by atoms with E-state index >= 15 is 0 Å². The topological polar surface area (TPSA) is 52.8 Å². The Kier molecular flexibility index (Phi) is 3.47. The predicted molar refractivity (Wildman–Crippen MR) is 78.1 cm³/mol. The van der Waals surface area contributed by atoms with Gasteiger partial charge in [0.25, 0.3) is 0 Å². The lowest BCUT2D eigenvalue weighted by Gasteiger charge is -2.08. The molecule has 0 amide bonds. The van der Waals surface area contributed by atoms with E-state index in [-0.39, 0.29) is 0 Å². The summed E-state index contributed by atoms with van der Waals surface area (Å²) in [4.78, 5) is 8.12. The smallest absolute Gasteiger partial charge is 0.233 e. The van der Waals surface area contributed by atoms with Gasteiger partial charge < -0.3 is 4.74 Å². The molecule has 0 unspecified atom stereocenters. The second kappa shape index (κ2) is 5.42. The van der Waals surface area contributed by atoms with Gasteiger partial charge in [-0.15, -0.1) is 0 Å². The average Bonchev–Trinajstić information content (AvgIpc) is 2.99. The maximum atomic E-state index is 5.76. The van der Waals surface area contributed by atoms with Crippen LogP contribution in [0.15, 0.2) is 53.7 Å². The van der Waals surface area contributed by atoms with E-state index in [0.717, 1.165) is 15.7 Å². The van der Waals surface area contributed by atoms with Crippen molar-refractivity contribution in [2.45, 2.75) is 6.92 Å². The minimum Gasteiger partial charge on any atom is -0.438 e. The van der Waals surface area contributed by atoms with Gasteiger partial charge in [0.15, 0.2) is 0 Å². The Morgan fingerprint density at radius 3 is 2.65 bits per heavy atom. The first-order valence-electron chi connectivity index (χ1n) is 5.98. The molecule has 0 aliphatic rings. The molecule has 2 aromatic heterocycles. The fraction of sp³-hybridized carbons (Fsp3) is 0.0714. The van der Waals surface area contributed by atoms with Crippen molar-refractivity contribution in [3.8, 4) is 17.3 Å². The quantitative estimate of drug-likeness (QED) is 0.737. The van der Waals surface area contributed by atoms with E-state index in [1.165, 1.54) is 6.33 Å². The van der Waals surface area contributed by atoms with E-state index in [0.29, 0.717) is 11.6 Å². The first-order chi connectivity index (χ1) is 9.74. The number of pyridine rings is 1. The fourth-order valence-corrected chi connectivity index (χ4v) is 2.02. The Morgan fingerprint density at radius 2 is 1.95 bits per heavy atom. The van der Waals surface area contributed by atoms with Crippen molar-refractivity contribution in [3.05, 3.63) is 59.2 Å². The molecule has 6 heteroatoms. The van der Waals surface area contributed by atoms with Gasteiger partial charge in [-0.05, 0) is 58.7 Å². The number of benzene rings is 1. The first-order valence-corrected chi connectivity index (χ1v) is 6.77. The highest BCUT2D eigenvalue weighted by Crippen LogP contribution is 2.29. The van der Waals surface area contributed by atoms with Crippen LogP contribution in [0.4, 0.5) is 0 Å². The lowest BCUT2D eigenvalue weighted by Crippen LogP contribution is -1.95. The van der Waals surface area contributed by atoms with E-state index in [9.17, 15) is 0 Å². The third-order valence-corrected chi connectivity index (χ3v) is 3.75. The van der Waals surface area contributed by atoms with E-state index in [1.54, 1.807) is 17.2 Å². The lowest BCUT2D eigenvalue weighted by molar-refractivity contribution is 0.459. The van der Waals surface area contributed by atoms with Crippen LogP contribution in [0.5, 0.6) is 11.6 Å². The molecular weight excluding hydrogens is 320 g/mol. The molecule has 0 spiro atoms. The summed E-state index contributed by atoms with van der Waals surface area (Å²) in [6, 6.07) is 9.48. The van der Waals surface area contributed by atoms with Gasteiger partial charge in [-0.2, -0.15) is 5.10 Å². The summed E-state index contributed by atoms with van der Waals surface area (Å²) in [6.45, 7) is 1.99. The molecule has 0 saturated heterocycles. The number of aromatic nitrogens is 4. The van der Waals surface area contributed by atoms with Crippen LogP contribution < -0.4 is 4.74 Å². The van der Waals surface area contributed by atoms with Crippen molar-refractivity contribution in [3.63, 3.8) is 0 Å². The first kappa shape index (κ1) is 12.8. The van der Waals surface area contributed by atoms with Crippen LogP contribution in [0, 0.1) is 6.92 Å². The van der Waals surface area contributed by atoms with Gasteiger partial charge in [0.05, 0.1) is 10.2 Å². The maximum Gasteiger partial charge on any atom is 0.233 e. The minimum absolute atomic E-state index is 0.554. The Balaban J connectivity index is 1.83. The molecule has 0 bridgehead atoms. The highest BCUT2D eigenvalue weighted by molar-refractivity contribution is 9.10. The zero-order chi connectivity index (χ0) is 13.9. The molecule has 0 aliphatic heterocycles. The molecule has 20 heavy (non-hydrogen) atoms. The summed E-state index contributed by atoms with van der Waals surface area (Å²) >= 11 is 3.47.